The fourth-order valence-electron chi connectivity index (χ4n) is 4.72. The van der Waals surface area contributed by atoms with Crippen molar-refractivity contribution in [3.63, 3.8) is 0 Å². The summed E-state index contributed by atoms with van der Waals surface area (Å²) in [6, 6.07) is 28.7. The van der Waals surface area contributed by atoms with Crippen molar-refractivity contribution in [1.82, 2.24) is 10.2 Å². The highest BCUT2D eigenvalue weighted by atomic mass is 35.5. The maximum Gasteiger partial charge on any atom is 0.243 e. The van der Waals surface area contributed by atoms with E-state index in [2.05, 4.69) is 29.6 Å². The van der Waals surface area contributed by atoms with E-state index in [9.17, 15) is 9.59 Å². The fraction of sp³-hybridized carbons (Fsp3) is 0.273. The zero-order valence-electron chi connectivity index (χ0n) is 22.4. The van der Waals surface area contributed by atoms with Gasteiger partial charge in [0.05, 0.1) is 0 Å². The zero-order valence-corrected chi connectivity index (χ0v) is 23.9. The molecule has 0 fully saturated rings. The second kappa shape index (κ2) is 13.6. The highest BCUT2D eigenvalue weighted by molar-refractivity contribution is 6.35. The van der Waals surface area contributed by atoms with Crippen LogP contribution in [0.1, 0.15) is 43.4 Å². The lowest BCUT2D eigenvalue weighted by atomic mass is 9.99. The minimum atomic E-state index is -0.701. The highest BCUT2D eigenvalue weighted by Gasteiger charge is 2.31. The van der Waals surface area contributed by atoms with Gasteiger partial charge in [0.2, 0.25) is 11.8 Å². The Balaban J connectivity index is 1.67. The molecule has 0 aliphatic carbocycles. The number of amides is 2. The van der Waals surface area contributed by atoms with Crippen molar-refractivity contribution in [1.29, 1.82) is 0 Å². The molecule has 39 heavy (non-hydrogen) atoms. The van der Waals surface area contributed by atoms with Gasteiger partial charge in [-0.2, -0.15) is 0 Å². The average Bonchev–Trinajstić information content (AvgIpc) is 2.95. The Bertz CT molecular complexity index is 1420. The summed E-state index contributed by atoms with van der Waals surface area (Å²) in [7, 11) is 0. The molecule has 202 valence electrons. The third-order valence-electron chi connectivity index (χ3n) is 7.12. The van der Waals surface area contributed by atoms with E-state index in [0.717, 1.165) is 33.9 Å². The SMILES string of the molecule is CC[C@@H](C)NC(=O)[C@H](Cc1ccccc1)N(Cc1ccc(Cl)cc1Cl)C(=O)CCc1cccc2ccccc12. The van der Waals surface area contributed by atoms with Gasteiger partial charge in [-0.3, -0.25) is 9.59 Å². The second-order valence-corrected chi connectivity index (χ2v) is 10.8. The van der Waals surface area contributed by atoms with E-state index < -0.39 is 6.04 Å². The van der Waals surface area contributed by atoms with Crippen molar-refractivity contribution in [2.45, 2.75) is 58.2 Å². The van der Waals surface area contributed by atoms with E-state index >= 15 is 0 Å². The van der Waals surface area contributed by atoms with Gasteiger partial charge in [-0.15, -0.1) is 0 Å². The molecular formula is C33H34Cl2N2O2. The number of nitrogens with zero attached hydrogens (tertiary/aromatic N) is 1. The Morgan fingerprint density at radius 3 is 2.33 bits per heavy atom. The molecule has 4 aromatic carbocycles. The molecule has 0 radical (unpaired) electrons. The summed E-state index contributed by atoms with van der Waals surface area (Å²) < 4.78 is 0. The van der Waals surface area contributed by atoms with Gasteiger partial charge in [0.1, 0.15) is 6.04 Å². The van der Waals surface area contributed by atoms with Crippen molar-refractivity contribution in [3.05, 3.63) is 118 Å². The molecule has 4 aromatic rings. The Kier molecular flexibility index (Phi) is 10.0. The van der Waals surface area contributed by atoms with Crippen LogP contribution in [0.25, 0.3) is 10.8 Å². The van der Waals surface area contributed by atoms with Crippen LogP contribution in [0.4, 0.5) is 0 Å². The van der Waals surface area contributed by atoms with Gasteiger partial charge < -0.3 is 10.2 Å². The summed E-state index contributed by atoms with van der Waals surface area (Å²) in [6.07, 6.45) is 2.02. The van der Waals surface area contributed by atoms with E-state index in [1.54, 1.807) is 17.0 Å². The minimum absolute atomic E-state index is 0.0115. The number of rotatable bonds is 11. The molecule has 0 aliphatic rings. The Morgan fingerprint density at radius 1 is 0.872 bits per heavy atom. The molecule has 0 aliphatic heterocycles. The number of fused-ring (bicyclic) bond motifs is 1. The first-order chi connectivity index (χ1) is 18.9. The normalized spacial score (nSPS) is 12.6. The maximum atomic E-state index is 14.0. The van der Waals surface area contributed by atoms with Gasteiger partial charge in [0.25, 0.3) is 0 Å². The number of aryl methyl sites for hydroxylation is 1. The van der Waals surface area contributed by atoms with E-state index in [1.165, 1.54) is 0 Å². The first-order valence-corrected chi connectivity index (χ1v) is 14.2. The molecule has 0 aromatic heterocycles. The Morgan fingerprint density at radius 2 is 1.59 bits per heavy atom. The van der Waals surface area contributed by atoms with Gasteiger partial charge >= 0.3 is 0 Å². The van der Waals surface area contributed by atoms with Crippen molar-refractivity contribution >= 4 is 45.8 Å². The van der Waals surface area contributed by atoms with Crippen molar-refractivity contribution in [2.24, 2.45) is 0 Å². The number of benzene rings is 4. The minimum Gasteiger partial charge on any atom is -0.352 e. The van der Waals surface area contributed by atoms with Crippen LogP contribution in [-0.2, 0) is 29.0 Å². The van der Waals surface area contributed by atoms with Crippen LogP contribution in [0, 0.1) is 0 Å². The van der Waals surface area contributed by atoms with Crippen LogP contribution in [0.2, 0.25) is 10.0 Å². The van der Waals surface area contributed by atoms with Crippen molar-refractivity contribution in [2.75, 3.05) is 0 Å². The molecule has 6 heteroatoms. The summed E-state index contributed by atoms with van der Waals surface area (Å²) in [6.45, 7) is 4.20. The quantitative estimate of drug-likeness (QED) is 0.205. The monoisotopic (exact) mass is 560 g/mol. The zero-order chi connectivity index (χ0) is 27.8. The number of nitrogens with one attached hydrogen (secondary N) is 1. The van der Waals surface area contributed by atoms with Crippen LogP contribution in [0.15, 0.2) is 91.0 Å². The van der Waals surface area contributed by atoms with E-state index in [1.807, 2.05) is 68.4 Å². The molecule has 0 unspecified atom stereocenters. The molecule has 2 atom stereocenters. The van der Waals surface area contributed by atoms with Gasteiger partial charge in [-0.05, 0) is 59.4 Å². The number of carbonyl (C=O) groups excluding carboxylic acids is 2. The predicted octanol–water partition coefficient (Wildman–Crippen LogP) is 7.63. The first kappa shape index (κ1) is 28.7. The second-order valence-electron chi connectivity index (χ2n) is 9.92. The summed E-state index contributed by atoms with van der Waals surface area (Å²) in [4.78, 5) is 29.4. The van der Waals surface area contributed by atoms with E-state index in [4.69, 9.17) is 23.2 Å². The largest absolute Gasteiger partial charge is 0.352 e. The van der Waals surface area contributed by atoms with Crippen LogP contribution in [0.3, 0.4) is 0 Å². The summed E-state index contributed by atoms with van der Waals surface area (Å²) in [5.41, 5.74) is 2.83. The van der Waals surface area contributed by atoms with Gasteiger partial charge in [0.15, 0.2) is 0 Å². The molecule has 0 saturated heterocycles. The molecular weight excluding hydrogens is 527 g/mol. The van der Waals surface area contributed by atoms with Crippen LogP contribution >= 0.6 is 23.2 Å². The molecule has 4 rings (SSSR count). The molecule has 4 nitrogen and oxygen atoms in total. The van der Waals surface area contributed by atoms with Gasteiger partial charge in [-0.25, -0.2) is 0 Å². The molecule has 0 heterocycles. The fourth-order valence-corrected chi connectivity index (χ4v) is 5.19. The Labute approximate surface area is 240 Å². The number of hydrogen-bond acceptors (Lipinski definition) is 2. The van der Waals surface area contributed by atoms with Crippen molar-refractivity contribution in [3.8, 4) is 0 Å². The number of hydrogen-bond donors (Lipinski definition) is 1. The van der Waals surface area contributed by atoms with Gasteiger partial charge in [0, 0.05) is 35.5 Å². The van der Waals surface area contributed by atoms with Crippen molar-refractivity contribution < 1.29 is 9.59 Å². The van der Waals surface area contributed by atoms with Crippen LogP contribution in [-0.4, -0.2) is 28.8 Å². The molecule has 0 saturated carbocycles. The Hall–Kier alpha value is -3.34. The summed E-state index contributed by atoms with van der Waals surface area (Å²) >= 11 is 12.7. The number of carbonyl (C=O) groups is 2. The van der Waals surface area contributed by atoms with Crippen LogP contribution in [0.5, 0.6) is 0 Å². The van der Waals surface area contributed by atoms with Gasteiger partial charge in [-0.1, -0.05) is 109 Å². The lowest BCUT2D eigenvalue weighted by Gasteiger charge is -2.32. The van der Waals surface area contributed by atoms with Crippen LogP contribution < -0.4 is 5.32 Å². The van der Waals surface area contributed by atoms with E-state index in [0.29, 0.717) is 22.9 Å². The third kappa shape index (κ3) is 7.62. The maximum absolute atomic E-state index is 14.0. The number of halogens is 2. The smallest absolute Gasteiger partial charge is 0.243 e. The molecule has 1 N–H and O–H groups in total. The molecule has 2 amide bonds. The predicted molar refractivity (Wildman–Crippen MR) is 161 cm³/mol. The topological polar surface area (TPSA) is 49.4 Å². The lowest BCUT2D eigenvalue weighted by Crippen LogP contribution is -2.52. The average molecular weight is 562 g/mol. The molecule has 0 bridgehead atoms. The van der Waals surface area contributed by atoms with E-state index in [-0.39, 0.29) is 30.8 Å². The highest BCUT2D eigenvalue weighted by Crippen LogP contribution is 2.26. The molecule has 0 spiro atoms. The third-order valence-corrected chi connectivity index (χ3v) is 7.70. The first-order valence-electron chi connectivity index (χ1n) is 13.4. The summed E-state index contributed by atoms with van der Waals surface area (Å²) in [5, 5.41) is 6.37. The standard InChI is InChI=1S/C33H34Cl2N2O2/c1-3-23(2)36-33(39)31(20-24-10-5-4-6-11-24)37(22-27-16-18-28(34)21-30(27)35)32(38)19-17-26-14-9-13-25-12-7-8-15-29(25)26/h4-16,18,21,23,31H,3,17,19-20,22H2,1-2H3,(H,36,39)/t23-,31+/m1/s1. The lowest BCUT2D eigenvalue weighted by molar-refractivity contribution is -0.141. The summed E-state index contributed by atoms with van der Waals surface area (Å²) in [5.74, 6) is -0.272.